The van der Waals surface area contributed by atoms with Gasteiger partial charge in [-0.2, -0.15) is 0 Å². The number of nitrogens with zero attached hydrogens (tertiary/aromatic N) is 1. The Morgan fingerprint density at radius 2 is 2.08 bits per heavy atom. The summed E-state index contributed by atoms with van der Waals surface area (Å²) in [6.07, 6.45) is 0.650. The molecule has 0 aliphatic carbocycles. The predicted molar refractivity (Wildman–Crippen MR) is 50.6 cm³/mol. The van der Waals surface area contributed by atoms with Gasteiger partial charge >= 0.3 is 7.75 Å². The van der Waals surface area contributed by atoms with Crippen molar-refractivity contribution < 1.29 is 18.7 Å². The van der Waals surface area contributed by atoms with Crippen LogP contribution < -0.4 is 0 Å². The monoisotopic (exact) mass is 211 g/mol. The number of methoxy groups -OCH3 is 1. The van der Waals surface area contributed by atoms with Crippen LogP contribution in [0.25, 0.3) is 0 Å². The molecule has 5 nitrogen and oxygen atoms in total. The molecule has 0 fully saturated rings. The summed E-state index contributed by atoms with van der Waals surface area (Å²) >= 11 is 0. The third kappa shape index (κ3) is 5.39. The second kappa shape index (κ2) is 5.73. The highest BCUT2D eigenvalue weighted by Gasteiger charge is 2.22. The summed E-state index contributed by atoms with van der Waals surface area (Å²) in [5, 5.41) is 0. The molecule has 0 saturated heterocycles. The minimum atomic E-state index is -3.55. The standard InChI is InChI=1S/C7H18NO4P/c1-7(11-4)5-6-12-13(9,10)8(2)3/h7H,5-6H2,1-4H3,(H,9,10). The first-order valence-corrected chi connectivity index (χ1v) is 5.61. The van der Waals surface area contributed by atoms with E-state index in [0.717, 1.165) is 0 Å². The van der Waals surface area contributed by atoms with E-state index in [2.05, 4.69) is 0 Å². The molecule has 0 bridgehead atoms. The van der Waals surface area contributed by atoms with Crippen molar-refractivity contribution in [2.45, 2.75) is 19.4 Å². The largest absolute Gasteiger partial charge is 0.405 e. The lowest BCUT2D eigenvalue weighted by molar-refractivity contribution is 0.0907. The van der Waals surface area contributed by atoms with Gasteiger partial charge in [-0.05, 0) is 27.4 Å². The fraction of sp³-hybridized carbons (Fsp3) is 1.00. The van der Waals surface area contributed by atoms with Gasteiger partial charge in [0.25, 0.3) is 0 Å². The van der Waals surface area contributed by atoms with Crippen LogP contribution in [0.3, 0.4) is 0 Å². The number of ether oxygens (including phenoxy) is 1. The van der Waals surface area contributed by atoms with Crippen molar-refractivity contribution in [1.29, 1.82) is 0 Å². The second-order valence-electron chi connectivity index (χ2n) is 3.01. The molecule has 13 heavy (non-hydrogen) atoms. The van der Waals surface area contributed by atoms with Crippen LogP contribution in [0.1, 0.15) is 13.3 Å². The summed E-state index contributed by atoms with van der Waals surface area (Å²) in [6.45, 7) is 2.10. The molecular formula is C7H18NO4P. The number of hydrogen-bond acceptors (Lipinski definition) is 3. The van der Waals surface area contributed by atoms with Crippen LogP contribution in [0.5, 0.6) is 0 Å². The zero-order valence-electron chi connectivity index (χ0n) is 8.56. The zero-order valence-corrected chi connectivity index (χ0v) is 9.45. The summed E-state index contributed by atoms with van der Waals surface area (Å²) in [5.41, 5.74) is 0. The van der Waals surface area contributed by atoms with Crippen LogP contribution in [0.2, 0.25) is 0 Å². The van der Waals surface area contributed by atoms with E-state index in [0.29, 0.717) is 6.42 Å². The van der Waals surface area contributed by atoms with Gasteiger partial charge in [0.2, 0.25) is 0 Å². The summed E-state index contributed by atoms with van der Waals surface area (Å²) < 4.78 is 22.2. The molecule has 2 unspecified atom stereocenters. The molecule has 0 aliphatic heterocycles. The van der Waals surface area contributed by atoms with Gasteiger partial charge in [-0.1, -0.05) is 0 Å². The summed E-state index contributed by atoms with van der Waals surface area (Å²) in [4.78, 5) is 9.20. The van der Waals surface area contributed by atoms with Gasteiger partial charge in [0.05, 0.1) is 12.7 Å². The van der Waals surface area contributed by atoms with Crippen molar-refractivity contribution in [3.05, 3.63) is 0 Å². The van der Waals surface area contributed by atoms with E-state index >= 15 is 0 Å². The quantitative estimate of drug-likeness (QED) is 0.666. The van der Waals surface area contributed by atoms with Gasteiger partial charge in [0.15, 0.2) is 0 Å². The average Bonchev–Trinajstić information content (AvgIpc) is 2.03. The van der Waals surface area contributed by atoms with E-state index in [9.17, 15) is 9.46 Å². The van der Waals surface area contributed by atoms with Gasteiger partial charge in [0, 0.05) is 7.11 Å². The van der Waals surface area contributed by atoms with Crippen molar-refractivity contribution in [2.24, 2.45) is 0 Å². The normalized spacial score (nSPS) is 18.6. The Morgan fingerprint density at radius 1 is 1.54 bits per heavy atom. The van der Waals surface area contributed by atoms with Gasteiger partial charge in [-0.25, -0.2) is 9.24 Å². The van der Waals surface area contributed by atoms with E-state index in [1.807, 2.05) is 6.92 Å². The summed E-state index contributed by atoms with van der Waals surface area (Å²) in [6, 6.07) is 0. The minimum Gasteiger partial charge on any atom is -0.382 e. The molecule has 0 amide bonds. The third-order valence-electron chi connectivity index (χ3n) is 1.69. The Morgan fingerprint density at radius 3 is 2.46 bits per heavy atom. The lowest BCUT2D eigenvalue weighted by atomic mass is 10.3. The molecule has 0 aromatic rings. The van der Waals surface area contributed by atoms with Crippen molar-refractivity contribution in [2.75, 3.05) is 27.8 Å². The van der Waals surface area contributed by atoms with Crippen molar-refractivity contribution >= 4 is 7.75 Å². The predicted octanol–water partition coefficient (Wildman–Crippen LogP) is 1.09. The fourth-order valence-corrected chi connectivity index (χ4v) is 1.15. The fourth-order valence-electron chi connectivity index (χ4n) is 0.571. The van der Waals surface area contributed by atoms with Crippen molar-refractivity contribution in [1.82, 2.24) is 4.67 Å². The zero-order chi connectivity index (χ0) is 10.5. The molecule has 1 N–H and O–H groups in total. The summed E-state index contributed by atoms with van der Waals surface area (Å²) in [7, 11) is 1.04. The maximum absolute atomic E-state index is 11.2. The molecule has 0 saturated carbocycles. The first kappa shape index (κ1) is 13.1. The first-order valence-electron chi connectivity index (χ1n) is 4.08. The SMILES string of the molecule is COC(C)CCOP(=O)(O)N(C)C. The van der Waals surface area contributed by atoms with Crippen molar-refractivity contribution in [3.63, 3.8) is 0 Å². The Balaban J connectivity index is 3.70. The third-order valence-corrected chi connectivity index (χ3v) is 3.22. The van der Waals surface area contributed by atoms with Crippen LogP contribution in [0.15, 0.2) is 0 Å². The van der Waals surface area contributed by atoms with Gasteiger partial charge < -0.3 is 9.63 Å². The van der Waals surface area contributed by atoms with E-state index in [-0.39, 0.29) is 12.7 Å². The van der Waals surface area contributed by atoms with Gasteiger partial charge in [-0.3, -0.25) is 4.52 Å². The highest BCUT2D eigenvalue weighted by molar-refractivity contribution is 7.50. The van der Waals surface area contributed by atoms with E-state index in [1.165, 1.54) is 18.8 Å². The Kier molecular flexibility index (Phi) is 5.76. The average molecular weight is 211 g/mol. The lowest BCUT2D eigenvalue weighted by Gasteiger charge is -2.18. The van der Waals surface area contributed by atoms with E-state index in [4.69, 9.17) is 9.26 Å². The molecule has 0 aliphatic rings. The molecular weight excluding hydrogens is 193 g/mol. The molecule has 0 rings (SSSR count). The molecule has 2 atom stereocenters. The highest BCUT2D eigenvalue weighted by Crippen LogP contribution is 2.43. The van der Waals surface area contributed by atoms with E-state index < -0.39 is 7.75 Å². The van der Waals surface area contributed by atoms with Gasteiger partial charge in [-0.15, -0.1) is 0 Å². The molecule has 80 valence electrons. The van der Waals surface area contributed by atoms with Crippen LogP contribution in [0, 0.1) is 0 Å². The maximum Gasteiger partial charge on any atom is 0.405 e. The molecule has 0 heterocycles. The number of rotatable bonds is 6. The van der Waals surface area contributed by atoms with Crippen LogP contribution in [-0.2, 0) is 13.8 Å². The van der Waals surface area contributed by atoms with Crippen LogP contribution in [0.4, 0.5) is 0 Å². The summed E-state index contributed by atoms with van der Waals surface area (Å²) in [5.74, 6) is 0. The lowest BCUT2D eigenvalue weighted by Crippen LogP contribution is -2.13. The van der Waals surface area contributed by atoms with E-state index in [1.54, 1.807) is 7.11 Å². The Labute approximate surface area is 79.2 Å². The first-order chi connectivity index (χ1) is 5.90. The molecule has 0 radical (unpaired) electrons. The molecule has 0 aromatic carbocycles. The maximum atomic E-state index is 11.2. The minimum absolute atomic E-state index is 0.0437. The molecule has 6 heteroatoms. The Bertz CT molecular complexity index is 185. The van der Waals surface area contributed by atoms with Crippen LogP contribution >= 0.6 is 7.75 Å². The smallest absolute Gasteiger partial charge is 0.382 e. The second-order valence-corrected chi connectivity index (χ2v) is 5.05. The molecule has 0 spiro atoms. The van der Waals surface area contributed by atoms with Gasteiger partial charge in [0.1, 0.15) is 0 Å². The van der Waals surface area contributed by atoms with Crippen LogP contribution in [-0.4, -0.2) is 43.5 Å². The van der Waals surface area contributed by atoms with Crippen molar-refractivity contribution in [3.8, 4) is 0 Å². The Hall–Kier alpha value is 0.0700. The highest BCUT2D eigenvalue weighted by atomic mass is 31.2. The number of hydrogen-bond donors (Lipinski definition) is 1. The topological polar surface area (TPSA) is 59.0 Å². The molecule has 0 aromatic heterocycles.